The zero-order valence-electron chi connectivity index (χ0n) is 11.0. The second kappa shape index (κ2) is 4.63. The van der Waals surface area contributed by atoms with Crippen molar-refractivity contribution in [3.05, 3.63) is 54.4 Å². The largest absolute Gasteiger partial charge is 0.348 e. The number of nitrogens with one attached hydrogen (secondary N) is 2. The number of hydrogen-bond acceptors (Lipinski definition) is 3. The Morgan fingerprint density at radius 3 is 2.85 bits per heavy atom. The van der Waals surface area contributed by atoms with E-state index in [2.05, 4.69) is 29.7 Å². The molecule has 0 aromatic carbocycles. The second-order valence-corrected chi connectivity index (χ2v) is 5.28. The molecular formula is C14H16N6. The highest BCUT2D eigenvalue weighted by Gasteiger charge is 2.29. The van der Waals surface area contributed by atoms with Crippen LogP contribution in [0.3, 0.4) is 0 Å². The summed E-state index contributed by atoms with van der Waals surface area (Å²) in [7, 11) is 0. The summed E-state index contributed by atoms with van der Waals surface area (Å²) in [6, 6.07) is 4.14. The van der Waals surface area contributed by atoms with Crippen molar-refractivity contribution in [2.24, 2.45) is 0 Å². The molecule has 1 fully saturated rings. The summed E-state index contributed by atoms with van der Waals surface area (Å²) in [5.74, 6) is 2.47. The Bertz CT molecular complexity index is 662. The maximum absolute atomic E-state index is 4.69. The topological polar surface area (TPSA) is 75.2 Å². The van der Waals surface area contributed by atoms with Gasteiger partial charge in [-0.15, -0.1) is 0 Å². The molecule has 3 heterocycles. The van der Waals surface area contributed by atoms with Gasteiger partial charge < -0.3 is 9.55 Å². The van der Waals surface area contributed by atoms with Crippen molar-refractivity contribution in [1.82, 2.24) is 29.7 Å². The Labute approximate surface area is 116 Å². The molecular weight excluding hydrogens is 252 g/mol. The molecule has 0 saturated heterocycles. The summed E-state index contributed by atoms with van der Waals surface area (Å²) in [5.41, 5.74) is 1.08. The molecule has 0 bridgehead atoms. The fourth-order valence-electron chi connectivity index (χ4n) is 2.47. The minimum atomic E-state index is 0.0919. The van der Waals surface area contributed by atoms with E-state index in [4.69, 9.17) is 0 Å². The van der Waals surface area contributed by atoms with Gasteiger partial charge in [-0.1, -0.05) is 0 Å². The Morgan fingerprint density at radius 2 is 2.15 bits per heavy atom. The summed E-state index contributed by atoms with van der Waals surface area (Å²) in [6.07, 6.45) is 10.9. The number of aromatic amines is 2. The van der Waals surface area contributed by atoms with E-state index in [1.54, 1.807) is 6.33 Å². The standard InChI is InChI=1S/C14H16N6/c1-2-6-20(5-1)12(7-11-8-15-9-16-11)14-17-13(18-19-14)10-3-4-10/h1-2,5-6,8-10,12H,3-4,7H2,(H,15,16)(H,17,18,19)/t12-/m0/s1. The fourth-order valence-corrected chi connectivity index (χ4v) is 2.47. The first-order chi connectivity index (χ1) is 9.90. The van der Waals surface area contributed by atoms with Crippen LogP contribution < -0.4 is 0 Å². The first kappa shape index (κ1) is 11.5. The molecule has 4 rings (SSSR count). The lowest BCUT2D eigenvalue weighted by Crippen LogP contribution is -2.14. The van der Waals surface area contributed by atoms with Crippen LogP contribution in [0.1, 0.15) is 42.1 Å². The lowest BCUT2D eigenvalue weighted by Gasteiger charge is -2.14. The number of H-pyrrole nitrogens is 2. The van der Waals surface area contributed by atoms with Gasteiger partial charge in [-0.25, -0.2) is 9.97 Å². The third-order valence-electron chi connectivity index (χ3n) is 3.74. The maximum atomic E-state index is 4.69. The summed E-state index contributed by atoms with van der Waals surface area (Å²) in [4.78, 5) is 11.9. The predicted molar refractivity (Wildman–Crippen MR) is 73.2 cm³/mol. The quantitative estimate of drug-likeness (QED) is 0.743. The van der Waals surface area contributed by atoms with E-state index in [0.29, 0.717) is 5.92 Å². The van der Waals surface area contributed by atoms with E-state index >= 15 is 0 Å². The Morgan fingerprint density at radius 1 is 1.30 bits per heavy atom. The van der Waals surface area contributed by atoms with E-state index < -0.39 is 0 Å². The average molecular weight is 268 g/mol. The number of aromatic nitrogens is 6. The Kier molecular flexibility index (Phi) is 2.65. The monoisotopic (exact) mass is 268 g/mol. The van der Waals surface area contributed by atoms with Crippen LogP contribution in [0.4, 0.5) is 0 Å². The lowest BCUT2D eigenvalue weighted by atomic mass is 10.1. The van der Waals surface area contributed by atoms with Crippen molar-refractivity contribution < 1.29 is 0 Å². The van der Waals surface area contributed by atoms with Crippen LogP contribution in [-0.4, -0.2) is 29.7 Å². The Hall–Kier alpha value is -2.37. The van der Waals surface area contributed by atoms with E-state index in [-0.39, 0.29) is 6.04 Å². The van der Waals surface area contributed by atoms with Gasteiger partial charge in [0.1, 0.15) is 11.9 Å². The Balaban J connectivity index is 1.66. The number of rotatable bonds is 5. The molecule has 1 atom stereocenters. The van der Waals surface area contributed by atoms with Gasteiger partial charge in [-0.2, -0.15) is 5.10 Å². The van der Waals surface area contributed by atoms with Crippen molar-refractivity contribution in [2.75, 3.05) is 0 Å². The van der Waals surface area contributed by atoms with Crippen LogP contribution in [0.15, 0.2) is 37.1 Å². The normalized spacial score (nSPS) is 16.4. The highest BCUT2D eigenvalue weighted by atomic mass is 15.2. The maximum Gasteiger partial charge on any atom is 0.173 e. The summed E-state index contributed by atoms with van der Waals surface area (Å²) in [6.45, 7) is 0. The molecule has 0 radical (unpaired) electrons. The van der Waals surface area contributed by atoms with Crippen molar-refractivity contribution in [1.29, 1.82) is 0 Å². The first-order valence-corrected chi connectivity index (χ1v) is 6.92. The summed E-state index contributed by atoms with van der Waals surface area (Å²) < 4.78 is 2.14. The van der Waals surface area contributed by atoms with Crippen molar-refractivity contribution in [3.63, 3.8) is 0 Å². The second-order valence-electron chi connectivity index (χ2n) is 5.28. The lowest BCUT2D eigenvalue weighted by molar-refractivity contribution is 0.547. The van der Waals surface area contributed by atoms with Gasteiger partial charge in [0.2, 0.25) is 0 Å². The molecule has 6 nitrogen and oxygen atoms in total. The van der Waals surface area contributed by atoms with Gasteiger partial charge in [0.15, 0.2) is 5.82 Å². The zero-order valence-corrected chi connectivity index (χ0v) is 11.0. The molecule has 3 aromatic rings. The van der Waals surface area contributed by atoms with E-state index in [1.165, 1.54) is 12.8 Å². The summed E-state index contributed by atoms with van der Waals surface area (Å²) >= 11 is 0. The van der Waals surface area contributed by atoms with Gasteiger partial charge >= 0.3 is 0 Å². The van der Waals surface area contributed by atoms with Gasteiger partial charge in [0, 0.05) is 36.6 Å². The van der Waals surface area contributed by atoms with Crippen LogP contribution in [0.2, 0.25) is 0 Å². The number of imidazole rings is 1. The highest BCUT2D eigenvalue weighted by Crippen LogP contribution is 2.38. The molecule has 0 amide bonds. The zero-order chi connectivity index (χ0) is 13.4. The third-order valence-corrected chi connectivity index (χ3v) is 3.74. The molecule has 1 aliphatic rings. The van der Waals surface area contributed by atoms with Crippen molar-refractivity contribution >= 4 is 0 Å². The number of hydrogen-bond donors (Lipinski definition) is 2. The van der Waals surface area contributed by atoms with Gasteiger partial charge in [0.05, 0.1) is 6.33 Å². The molecule has 1 aliphatic carbocycles. The van der Waals surface area contributed by atoms with Crippen molar-refractivity contribution in [2.45, 2.75) is 31.2 Å². The smallest absolute Gasteiger partial charge is 0.173 e. The SMILES string of the molecule is c1ccn([C@@H](Cc2cnc[nH]2)c2n[nH]c(C3CC3)n2)c1. The molecule has 0 unspecified atom stereocenters. The molecule has 6 heteroatoms. The first-order valence-electron chi connectivity index (χ1n) is 6.92. The van der Waals surface area contributed by atoms with Gasteiger partial charge in [-0.3, -0.25) is 5.10 Å². The summed E-state index contributed by atoms with van der Waals surface area (Å²) in [5, 5.41) is 7.51. The van der Waals surface area contributed by atoms with Crippen LogP contribution in [-0.2, 0) is 6.42 Å². The van der Waals surface area contributed by atoms with E-state index in [9.17, 15) is 0 Å². The third kappa shape index (κ3) is 2.13. The molecule has 2 N–H and O–H groups in total. The molecule has 0 spiro atoms. The minimum absolute atomic E-state index is 0.0919. The number of nitrogens with zero attached hydrogens (tertiary/aromatic N) is 4. The highest BCUT2D eigenvalue weighted by molar-refractivity contribution is 5.12. The van der Waals surface area contributed by atoms with E-state index in [1.807, 2.05) is 30.7 Å². The van der Waals surface area contributed by atoms with E-state index in [0.717, 1.165) is 23.8 Å². The van der Waals surface area contributed by atoms with Crippen molar-refractivity contribution in [3.8, 4) is 0 Å². The fraction of sp³-hybridized carbons (Fsp3) is 0.357. The van der Waals surface area contributed by atoms with Crippen LogP contribution in [0.5, 0.6) is 0 Å². The molecule has 102 valence electrons. The molecule has 20 heavy (non-hydrogen) atoms. The van der Waals surface area contributed by atoms with Crippen LogP contribution in [0.25, 0.3) is 0 Å². The average Bonchev–Trinajstić information content (AvgIpc) is 2.97. The van der Waals surface area contributed by atoms with Crippen LogP contribution >= 0.6 is 0 Å². The van der Waals surface area contributed by atoms with Crippen LogP contribution in [0, 0.1) is 0 Å². The predicted octanol–water partition coefficient (Wildman–Crippen LogP) is 2.04. The van der Waals surface area contributed by atoms with Gasteiger partial charge in [0.25, 0.3) is 0 Å². The molecule has 0 aliphatic heterocycles. The molecule has 1 saturated carbocycles. The minimum Gasteiger partial charge on any atom is -0.348 e. The molecule has 3 aromatic heterocycles. The van der Waals surface area contributed by atoms with Gasteiger partial charge in [-0.05, 0) is 25.0 Å².